The topological polar surface area (TPSA) is 64.6 Å². The van der Waals surface area contributed by atoms with Crippen LogP contribution in [0, 0.1) is 5.92 Å². The summed E-state index contributed by atoms with van der Waals surface area (Å²) in [7, 11) is 0. The van der Waals surface area contributed by atoms with Gasteiger partial charge >= 0.3 is 12.1 Å². The fraction of sp³-hybridized carbons (Fsp3) is 0.889. The number of carbonyl (C=O) groups excluding carboxylic acids is 2. The predicted octanol–water partition coefficient (Wildman–Crippen LogP) is 4.19. The Morgan fingerprint density at radius 1 is 1.09 bits per heavy atom. The highest BCUT2D eigenvalue weighted by atomic mass is 16.6. The lowest BCUT2D eigenvalue weighted by molar-refractivity contribution is -0.143. The number of ether oxygens (including phenoxy) is 2. The minimum Gasteiger partial charge on any atom is -0.466 e. The van der Waals surface area contributed by atoms with E-state index < -0.39 is 5.60 Å². The molecule has 1 rings (SSSR count). The number of esters is 1. The summed E-state index contributed by atoms with van der Waals surface area (Å²) < 4.78 is 10.2. The molecule has 0 spiro atoms. The van der Waals surface area contributed by atoms with Gasteiger partial charge in [0.05, 0.1) is 6.61 Å². The first-order valence-corrected chi connectivity index (χ1v) is 8.95. The third kappa shape index (κ3) is 9.47. The van der Waals surface area contributed by atoms with E-state index in [9.17, 15) is 9.59 Å². The molecule has 5 nitrogen and oxygen atoms in total. The summed E-state index contributed by atoms with van der Waals surface area (Å²) >= 11 is 0. The monoisotopic (exact) mass is 327 g/mol. The minimum absolute atomic E-state index is 0.0854. The van der Waals surface area contributed by atoms with Gasteiger partial charge in [0.2, 0.25) is 0 Å². The number of unbranched alkanes of at least 4 members (excludes halogenated alkanes) is 1. The van der Waals surface area contributed by atoms with E-state index in [2.05, 4.69) is 5.32 Å². The standard InChI is InChI=1S/C18H33NO4/c1-5-22-16(20)9-7-6-8-14-10-12-15(13-11-14)19-17(21)23-18(2,3)4/h14-15H,5-13H2,1-4H3,(H,19,21). The highest BCUT2D eigenvalue weighted by molar-refractivity contribution is 5.69. The number of alkyl carbamates (subject to hydrolysis) is 1. The van der Waals surface area contributed by atoms with Crippen LogP contribution in [0.3, 0.4) is 0 Å². The zero-order valence-electron chi connectivity index (χ0n) is 15.2. The van der Waals surface area contributed by atoms with Crippen LogP contribution in [0.5, 0.6) is 0 Å². The van der Waals surface area contributed by atoms with Crippen molar-refractivity contribution in [3.05, 3.63) is 0 Å². The Morgan fingerprint density at radius 3 is 2.30 bits per heavy atom. The van der Waals surface area contributed by atoms with Crippen molar-refractivity contribution in [1.82, 2.24) is 5.32 Å². The second kappa shape index (κ2) is 9.78. The molecule has 0 aromatic rings. The molecular formula is C18H33NO4. The van der Waals surface area contributed by atoms with Crippen molar-refractivity contribution < 1.29 is 19.1 Å². The molecular weight excluding hydrogens is 294 g/mol. The number of hydrogen-bond donors (Lipinski definition) is 1. The van der Waals surface area contributed by atoms with Crippen molar-refractivity contribution >= 4 is 12.1 Å². The van der Waals surface area contributed by atoms with Crippen LogP contribution < -0.4 is 5.32 Å². The van der Waals surface area contributed by atoms with Crippen molar-refractivity contribution in [3.8, 4) is 0 Å². The van der Waals surface area contributed by atoms with E-state index in [1.165, 1.54) is 6.42 Å². The van der Waals surface area contributed by atoms with Gasteiger partial charge in [-0.3, -0.25) is 4.79 Å². The van der Waals surface area contributed by atoms with Crippen molar-refractivity contribution in [2.24, 2.45) is 5.92 Å². The molecule has 5 heteroatoms. The number of carbonyl (C=O) groups is 2. The molecule has 1 N–H and O–H groups in total. The predicted molar refractivity (Wildman–Crippen MR) is 90.2 cm³/mol. The highest BCUT2D eigenvalue weighted by Crippen LogP contribution is 2.28. The van der Waals surface area contributed by atoms with Gasteiger partial charge in [-0.15, -0.1) is 0 Å². The summed E-state index contributed by atoms with van der Waals surface area (Å²) in [6, 6.07) is 0.237. The van der Waals surface area contributed by atoms with E-state index in [1.807, 2.05) is 27.7 Å². The maximum absolute atomic E-state index is 11.8. The third-order valence-corrected chi connectivity index (χ3v) is 4.12. The van der Waals surface area contributed by atoms with Gasteiger partial charge in [0, 0.05) is 12.5 Å². The lowest BCUT2D eigenvalue weighted by Crippen LogP contribution is -2.40. The molecule has 0 aromatic carbocycles. The molecule has 1 saturated carbocycles. The maximum atomic E-state index is 11.8. The van der Waals surface area contributed by atoms with Crippen molar-refractivity contribution in [1.29, 1.82) is 0 Å². The lowest BCUT2D eigenvalue weighted by Gasteiger charge is -2.30. The first-order chi connectivity index (χ1) is 10.8. The Hall–Kier alpha value is -1.26. The maximum Gasteiger partial charge on any atom is 0.407 e. The molecule has 23 heavy (non-hydrogen) atoms. The van der Waals surface area contributed by atoms with Crippen molar-refractivity contribution in [2.75, 3.05) is 6.61 Å². The minimum atomic E-state index is -0.444. The van der Waals surface area contributed by atoms with Gasteiger partial charge in [-0.25, -0.2) is 4.79 Å². The smallest absolute Gasteiger partial charge is 0.407 e. The molecule has 1 aliphatic carbocycles. The van der Waals surface area contributed by atoms with E-state index >= 15 is 0 Å². The molecule has 0 bridgehead atoms. The summed E-state index contributed by atoms with van der Waals surface area (Å²) in [5.41, 5.74) is -0.444. The van der Waals surface area contributed by atoms with Crippen LogP contribution in [0.25, 0.3) is 0 Å². The van der Waals surface area contributed by atoms with Gasteiger partial charge < -0.3 is 14.8 Å². The fourth-order valence-electron chi connectivity index (χ4n) is 3.01. The first-order valence-electron chi connectivity index (χ1n) is 8.95. The van der Waals surface area contributed by atoms with Crippen LogP contribution in [0.1, 0.15) is 79.1 Å². The van der Waals surface area contributed by atoms with Crippen LogP contribution >= 0.6 is 0 Å². The Morgan fingerprint density at radius 2 is 1.74 bits per heavy atom. The fourth-order valence-corrected chi connectivity index (χ4v) is 3.01. The SMILES string of the molecule is CCOC(=O)CCCCC1CCC(NC(=O)OC(C)(C)C)CC1. The molecule has 0 radical (unpaired) electrons. The van der Waals surface area contributed by atoms with Gasteiger partial charge in [-0.2, -0.15) is 0 Å². The summed E-state index contributed by atoms with van der Waals surface area (Å²) in [5.74, 6) is 0.631. The third-order valence-electron chi connectivity index (χ3n) is 4.12. The van der Waals surface area contributed by atoms with E-state index in [0.717, 1.165) is 38.5 Å². The van der Waals surface area contributed by atoms with E-state index in [-0.39, 0.29) is 18.1 Å². The quantitative estimate of drug-likeness (QED) is 0.562. The molecule has 0 unspecified atom stereocenters. The second-order valence-corrected chi connectivity index (χ2v) is 7.41. The molecule has 1 amide bonds. The molecule has 0 atom stereocenters. The van der Waals surface area contributed by atoms with Gasteiger partial charge in [-0.05, 0) is 65.7 Å². The average molecular weight is 327 g/mol. The zero-order valence-corrected chi connectivity index (χ0v) is 15.2. The Labute approximate surface area is 140 Å². The Balaban J connectivity index is 2.11. The normalized spacial score (nSPS) is 21.6. The first kappa shape index (κ1) is 19.8. The lowest BCUT2D eigenvalue weighted by atomic mass is 9.83. The van der Waals surface area contributed by atoms with E-state index in [4.69, 9.17) is 9.47 Å². The van der Waals surface area contributed by atoms with Gasteiger partial charge in [0.15, 0.2) is 0 Å². The summed E-state index contributed by atoms with van der Waals surface area (Å²) in [5, 5.41) is 2.97. The van der Waals surface area contributed by atoms with Crippen LogP contribution in [0.2, 0.25) is 0 Å². The molecule has 0 saturated heterocycles. The molecule has 134 valence electrons. The number of nitrogens with one attached hydrogen (secondary N) is 1. The van der Waals surface area contributed by atoms with Crippen molar-refractivity contribution in [2.45, 2.75) is 90.7 Å². The van der Waals surface area contributed by atoms with Crippen LogP contribution in [0.15, 0.2) is 0 Å². The number of amides is 1. The summed E-state index contributed by atoms with van der Waals surface area (Å²) in [6.45, 7) is 7.93. The van der Waals surface area contributed by atoms with Gasteiger partial charge in [-0.1, -0.05) is 12.8 Å². The Bertz CT molecular complexity index is 368. The van der Waals surface area contributed by atoms with E-state index in [0.29, 0.717) is 18.9 Å². The molecule has 0 heterocycles. The molecule has 0 aromatic heterocycles. The zero-order chi connectivity index (χ0) is 17.3. The van der Waals surface area contributed by atoms with Crippen LogP contribution in [0.4, 0.5) is 4.79 Å². The Kier molecular flexibility index (Phi) is 8.42. The van der Waals surface area contributed by atoms with Crippen LogP contribution in [-0.4, -0.2) is 30.3 Å². The molecule has 0 aliphatic heterocycles. The highest BCUT2D eigenvalue weighted by Gasteiger charge is 2.24. The van der Waals surface area contributed by atoms with Gasteiger partial charge in [0.25, 0.3) is 0 Å². The number of hydrogen-bond acceptors (Lipinski definition) is 4. The van der Waals surface area contributed by atoms with Crippen LogP contribution in [-0.2, 0) is 14.3 Å². The second-order valence-electron chi connectivity index (χ2n) is 7.41. The summed E-state index contributed by atoms with van der Waals surface area (Å²) in [4.78, 5) is 23.0. The van der Waals surface area contributed by atoms with Crippen molar-refractivity contribution in [3.63, 3.8) is 0 Å². The van der Waals surface area contributed by atoms with E-state index in [1.54, 1.807) is 0 Å². The molecule has 1 fully saturated rings. The molecule has 1 aliphatic rings. The largest absolute Gasteiger partial charge is 0.466 e. The average Bonchev–Trinajstić information content (AvgIpc) is 2.43. The number of rotatable bonds is 7. The summed E-state index contributed by atoms with van der Waals surface area (Å²) in [6.07, 6.45) is 7.68. The van der Waals surface area contributed by atoms with Gasteiger partial charge in [0.1, 0.15) is 5.60 Å².